The summed E-state index contributed by atoms with van der Waals surface area (Å²) in [7, 11) is 0. The van der Waals surface area contributed by atoms with Crippen LogP contribution in [0.1, 0.15) is 46.2 Å². The van der Waals surface area contributed by atoms with Gasteiger partial charge in [-0.25, -0.2) is 14.4 Å². The Hall–Kier alpha value is -3.04. The van der Waals surface area contributed by atoms with Crippen LogP contribution in [0.5, 0.6) is 0 Å². The lowest BCUT2D eigenvalue weighted by molar-refractivity contribution is -0.139. The number of piperazine rings is 1. The van der Waals surface area contributed by atoms with E-state index in [2.05, 4.69) is 22.1 Å². The highest BCUT2D eigenvalue weighted by Crippen LogP contribution is 2.33. The molecule has 1 fully saturated rings. The SMILES string of the molecule is C=CCN1C(=O)N[C@H](c2cccc(Cl)c2)C(C(=O)OCC)=C1CN1CCN(C(=O)NC(C)(C)C)[C@H](C)C1. The molecule has 1 aromatic carbocycles. The van der Waals surface area contributed by atoms with Crippen molar-refractivity contribution in [2.24, 2.45) is 0 Å². The van der Waals surface area contributed by atoms with Crippen molar-refractivity contribution in [3.8, 4) is 0 Å². The molecular weight excluding hydrogens is 494 g/mol. The van der Waals surface area contributed by atoms with Crippen LogP contribution in [-0.4, -0.2) is 83.6 Å². The summed E-state index contributed by atoms with van der Waals surface area (Å²) in [6.45, 7) is 15.9. The van der Waals surface area contributed by atoms with Crippen LogP contribution in [-0.2, 0) is 9.53 Å². The molecular formula is C27H38ClN5O4. The van der Waals surface area contributed by atoms with E-state index in [0.29, 0.717) is 48.0 Å². The van der Waals surface area contributed by atoms with Gasteiger partial charge in [0.05, 0.1) is 18.2 Å². The first-order chi connectivity index (χ1) is 17.4. The fraction of sp³-hybridized carbons (Fsp3) is 0.519. The summed E-state index contributed by atoms with van der Waals surface area (Å²) in [6, 6.07) is 5.89. The van der Waals surface area contributed by atoms with Crippen LogP contribution in [0, 0.1) is 0 Å². The number of ether oxygens (including phenoxy) is 1. The van der Waals surface area contributed by atoms with Gasteiger partial charge in [0.1, 0.15) is 0 Å². The van der Waals surface area contributed by atoms with E-state index < -0.39 is 12.0 Å². The van der Waals surface area contributed by atoms with Gasteiger partial charge in [0.2, 0.25) is 0 Å². The van der Waals surface area contributed by atoms with Crippen molar-refractivity contribution in [3.63, 3.8) is 0 Å². The molecule has 0 saturated carbocycles. The van der Waals surface area contributed by atoms with E-state index in [-0.39, 0.29) is 36.8 Å². The van der Waals surface area contributed by atoms with Crippen molar-refractivity contribution < 1.29 is 19.1 Å². The predicted molar refractivity (Wildman–Crippen MR) is 144 cm³/mol. The molecule has 10 heteroatoms. The number of hydrogen-bond donors (Lipinski definition) is 2. The van der Waals surface area contributed by atoms with Gasteiger partial charge < -0.3 is 20.3 Å². The fourth-order valence-electron chi connectivity index (χ4n) is 4.66. The standard InChI is InChI=1S/C27H38ClN5O4/c1-7-12-33-21(17-31-13-14-32(18(3)16-31)26(36)30-27(4,5)6)22(24(34)37-8-2)23(29-25(33)35)19-10-9-11-20(28)15-19/h7,9-11,15,18,23H,1,8,12-14,16-17H2,2-6H3,(H,29,35)(H,30,36)/t18-,23-/m1/s1. The van der Waals surface area contributed by atoms with Gasteiger partial charge in [-0.2, -0.15) is 0 Å². The molecule has 37 heavy (non-hydrogen) atoms. The van der Waals surface area contributed by atoms with Gasteiger partial charge in [0.15, 0.2) is 0 Å². The Morgan fingerprint density at radius 2 is 2.03 bits per heavy atom. The van der Waals surface area contributed by atoms with Crippen molar-refractivity contribution in [2.45, 2.75) is 52.2 Å². The minimum absolute atomic E-state index is 0.0586. The van der Waals surface area contributed by atoms with Crippen molar-refractivity contribution >= 4 is 29.6 Å². The molecule has 0 radical (unpaired) electrons. The monoisotopic (exact) mass is 531 g/mol. The van der Waals surface area contributed by atoms with Crippen LogP contribution in [0.2, 0.25) is 5.02 Å². The number of amides is 4. The maximum Gasteiger partial charge on any atom is 0.338 e. The maximum atomic E-state index is 13.3. The zero-order valence-electron chi connectivity index (χ0n) is 22.3. The Morgan fingerprint density at radius 3 is 2.62 bits per heavy atom. The first-order valence-electron chi connectivity index (χ1n) is 12.6. The lowest BCUT2D eigenvalue weighted by Gasteiger charge is -2.43. The Labute approximate surface area is 224 Å². The number of rotatable bonds is 7. The molecule has 1 saturated heterocycles. The number of carbonyl (C=O) groups is 3. The van der Waals surface area contributed by atoms with Crippen molar-refractivity contribution in [1.82, 2.24) is 25.3 Å². The second kappa shape index (κ2) is 12.0. The van der Waals surface area contributed by atoms with Crippen LogP contribution < -0.4 is 10.6 Å². The molecule has 0 aromatic heterocycles. The second-order valence-corrected chi connectivity index (χ2v) is 10.8. The van der Waals surface area contributed by atoms with E-state index in [1.165, 1.54) is 4.90 Å². The van der Waals surface area contributed by atoms with E-state index >= 15 is 0 Å². The van der Waals surface area contributed by atoms with E-state index in [9.17, 15) is 14.4 Å². The number of nitrogens with zero attached hydrogens (tertiary/aromatic N) is 3. The molecule has 202 valence electrons. The van der Waals surface area contributed by atoms with Crippen molar-refractivity contribution in [1.29, 1.82) is 0 Å². The lowest BCUT2D eigenvalue weighted by Crippen LogP contribution is -2.59. The second-order valence-electron chi connectivity index (χ2n) is 10.4. The minimum atomic E-state index is -0.711. The number of halogens is 1. The molecule has 0 spiro atoms. The third-order valence-electron chi connectivity index (χ3n) is 6.26. The Balaban J connectivity index is 1.96. The van der Waals surface area contributed by atoms with E-state index in [1.807, 2.05) is 38.7 Å². The third kappa shape index (κ3) is 7.05. The molecule has 2 N–H and O–H groups in total. The van der Waals surface area contributed by atoms with Crippen LogP contribution in [0.4, 0.5) is 9.59 Å². The van der Waals surface area contributed by atoms with Crippen molar-refractivity contribution in [3.05, 3.63) is 58.8 Å². The van der Waals surface area contributed by atoms with Crippen LogP contribution in [0.25, 0.3) is 0 Å². The summed E-state index contributed by atoms with van der Waals surface area (Å²) >= 11 is 6.24. The molecule has 9 nitrogen and oxygen atoms in total. The number of carbonyl (C=O) groups excluding carboxylic acids is 3. The van der Waals surface area contributed by atoms with Gasteiger partial charge in [-0.3, -0.25) is 9.80 Å². The first-order valence-corrected chi connectivity index (χ1v) is 13.0. The quantitative estimate of drug-likeness (QED) is 0.411. The summed E-state index contributed by atoms with van der Waals surface area (Å²) in [6.07, 6.45) is 1.62. The van der Waals surface area contributed by atoms with Crippen LogP contribution >= 0.6 is 11.6 Å². The van der Waals surface area contributed by atoms with E-state index in [0.717, 1.165) is 0 Å². The molecule has 3 rings (SSSR count). The molecule has 2 heterocycles. The summed E-state index contributed by atoms with van der Waals surface area (Å²) in [5.41, 5.74) is 1.29. The fourth-order valence-corrected chi connectivity index (χ4v) is 4.86. The molecule has 2 atom stereocenters. The number of hydrogen-bond acceptors (Lipinski definition) is 5. The number of urea groups is 2. The zero-order chi connectivity index (χ0) is 27.3. The maximum absolute atomic E-state index is 13.3. The van der Waals surface area contributed by atoms with Crippen LogP contribution in [0.15, 0.2) is 48.2 Å². The molecule has 2 aliphatic rings. The number of nitrogens with one attached hydrogen (secondary N) is 2. The minimum Gasteiger partial charge on any atom is -0.463 e. The third-order valence-corrected chi connectivity index (χ3v) is 6.49. The molecule has 0 bridgehead atoms. The summed E-state index contributed by atoms with van der Waals surface area (Å²) in [4.78, 5) is 44.9. The average Bonchev–Trinajstić information content (AvgIpc) is 2.80. The average molecular weight is 532 g/mol. The van der Waals surface area contributed by atoms with Gasteiger partial charge in [-0.05, 0) is 52.3 Å². The predicted octanol–water partition coefficient (Wildman–Crippen LogP) is 3.92. The molecule has 0 aliphatic carbocycles. The first kappa shape index (κ1) is 28.5. The number of esters is 1. The van der Waals surface area contributed by atoms with Crippen molar-refractivity contribution in [2.75, 3.05) is 39.3 Å². The highest BCUT2D eigenvalue weighted by molar-refractivity contribution is 6.30. The smallest absolute Gasteiger partial charge is 0.338 e. The van der Waals surface area contributed by atoms with Gasteiger partial charge >= 0.3 is 18.0 Å². The Kier molecular flexibility index (Phi) is 9.26. The van der Waals surface area contributed by atoms with Gasteiger partial charge in [-0.15, -0.1) is 6.58 Å². The Bertz CT molecular complexity index is 1070. The lowest BCUT2D eigenvalue weighted by atomic mass is 9.94. The van der Waals surface area contributed by atoms with E-state index in [1.54, 1.807) is 31.2 Å². The topological polar surface area (TPSA) is 94.2 Å². The summed E-state index contributed by atoms with van der Waals surface area (Å²) in [5.74, 6) is -0.493. The highest BCUT2D eigenvalue weighted by atomic mass is 35.5. The summed E-state index contributed by atoms with van der Waals surface area (Å²) in [5, 5.41) is 6.47. The molecule has 2 aliphatic heterocycles. The van der Waals surface area contributed by atoms with E-state index in [4.69, 9.17) is 16.3 Å². The molecule has 1 aromatic rings. The molecule has 0 unspecified atom stereocenters. The summed E-state index contributed by atoms with van der Waals surface area (Å²) < 4.78 is 5.45. The van der Waals surface area contributed by atoms with Gasteiger partial charge in [0.25, 0.3) is 0 Å². The largest absolute Gasteiger partial charge is 0.463 e. The van der Waals surface area contributed by atoms with Gasteiger partial charge in [0, 0.05) is 55.0 Å². The highest BCUT2D eigenvalue weighted by Gasteiger charge is 2.39. The van der Waals surface area contributed by atoms with Crippen LogP contribution in [0.3, 0.4) is 0 Å². The zero-order valence-corrected chi connectivity index (χ0v) is 23.1. The Morgan fingerprint density at radius 1 is 1.30 bits per heavy atom. The normalized spacial score (nSPS) is 21.0. The van der Waals surface area contributed by atoms with Gasteiger partial charge in [-0.1, -0.05) is 29.8 Å². The molecule has 4 amide bonds. The number of benzene rings is 1.